The molecule has 0 radical (unpaired) electrons. The number of rotatable bonds is 13. The van der Waals surface area contributed by atoms with Crippen LogP contribution in [0, 0.1) is 0 Å². The van der Waals surface area contributed by atoms with Gasteiger partial charge in [0, 0.05) is 39.1 Å². The van der Waals surface area contributed by atoms with E-state index in [1.165, 1.54) is 6.20 Å². The van der Waals surface area contributed by atoms with Crippen molar-refractivity contribution in [2.45, 2.75) is 78.1 Å². The zero-order valence-electron chi connectivity index (χ0n) is 29.1. The Morgan fingerprint density at radius 2 is 1.58 bits per heavy atom. The Labute approximate surface area is 290 Å². The molecular formula is C36H45F3N6O5. The second kappa shape index (κ2) is 16.7. The summed E-state index contributed by atoms with van der Waals surface area (Å²) in [5, 5.41) is 3.03. The smallest absolute Gasteiger partial charge is 0.458 e. The maximum Gasteiger partial charge on any atom is 0.471 e. The van der Waals surface area contributed by atoms with Crippen molar-refractivity contribution in [2.24, 2.45) is 0 Å². The fourth-order valence-electron chi connectivity index (χ4n) is 5.42. The van der Waals surface area contributed by atoms with Crippen LogP contribution in [0.15, 0.2) is 60.8 Å². The number of carbonyl (C=O) groups excluding carboxylic acids is 3. The fraction of sp³-hybridized carbons (Fsp3) is 0.472. The van der Waals surface area contributed by atoms with Gasteiger partial charge in [0.25, 0.3) is 0 Å². The molecule has 4 rings (SSSR count). The third-order valence-electron chi connectivity index (χ3n) is 7.98. The molecular weight excluding hydrogens is 653 g/mol. The van der Waals surface area contributed by atoms with Crippen LogP contribution < -0.4 is 19.9 Å². The molecule has 1 aliphatic heterocycles. The quantitative estimate of drug-likeness (QED) is 0.202. The number of alkyl halides is 3. The molecule has 0 aliphatic carbocycles. The van der Waals surface area contributed by atoms with E-state index in [0.717, 1.165) is 18.4 Å². The molecule has 1 N–H and O–H groups in total. The van der Waals surface area contributed by atoms with Gasteiger partial charge in [0.2, 0.25) is 5.95 Å². The molecule has 0 spiro atoms. The summed E-state index contributed by atoms with van der Waals surface area (Å²) in [6.07, 6.45) is -2.47. The van der Waals surface area contributed by atoms with E-state index < -0.39 is 35.8 Å². The van der Waals surface area contributed by atoms with Crippen molar-refractivity contribution in [3.8, 4) is 5.75 Å². The zero-order valence-corrected chi connectivity index (χ0v) is 29.1. The minimum Gasteiger partial charge on any atom is -0.458 e. The van der Waals surface area contributed by atoms with Crippen LogP contribution in [0.5, 0.6) is 5.75 Å². The van der Waals surface area contributed by atoms with Gasteiger partial charge in [0.1, 0.15) is 23.1 Å². The highest BCUT2D eigenvalue weighted by Gasteiger charge is 2.44. The number of anilines is 3. The van der Waals surface area contributed by atoms with Crippen molar-refractivity contribution in [1.82, 2.24) is 14.9 Å². The van der Waals surface area contributed by atoms with Gasteiger partial charge >= 0.3 is 24.1 Å². The van der Waals surface area contributed by atoms with Crippen molar-refractivity contribution >= 4 is 35.4 Å². The van der Waals surface area contributed by atoms with Gasteiger partial charge in [0.05, 0.1) is 6.20 Å². The van der Waals surface area contributed by atoms with E-state index in [9.17, 15) is 27.6 Å². The summed E-state index contributed by atoms with van der Waals surface area (Å²) >= 11 is 0. The average Bonchev–Trinajstić information content (AvgIpc) is 3.61. The van der Waals surface area contributed by atoms with Gasteiger partial charge in [-0.25, -0.2) is 14.6 Å². The molecule has 1 atom stereocenters. The summed E-state index contributed by atoms with van der Waals surface area (Å²) in [7, 11) is 0. The number of carbonyl (C=O) groups is 3. The Bertz CT molecular complexity index is 1590. The Hall–Kier alpha value is -4.88. The van der Waals surface area contributed by atoms with E-state index in [1.54, 1.807) is 85.2 Å². The minimum atomic E-state index is -5.20. The normalized spacial score (nSPS) is 13.8. The Morgan fingerprint density at radius 1 is 0.940 bits per heavy atom. The number of aromatic nitrogens is 2. The second-order valence-electron chi connectivity index (χ2n) is 12.9. The van der Waals surface area contributed by atoms with Gasteiger partial charge in [0.15, 0.2) is 5.82 Å². The van der Waals surface area contributed by atoms with Crippen LogP contribution in [0.2, 0.25) is 0 Å². The van der Waals surface area contributed by atoms with Crippen LogP contribution in [-0.4, -0.2) is 83.4 Å². The second-order valence-corrected chi connectivity index (χ2v) is 12.9. The molecule has 0 saturated carbocycles. The van der Waals surface area contributed by atoms with Gasteiger partial charge < -0.3 is 24.6 Å². The van der Waals surface area contributed by atoms with Crippen LogP contribution in [0.25, 0.3) is 0 Å². The summed E-state index contributed by atoms with van der Waals surface area (Å²) in [5.74, 6) is -2.39. The molecule has 0 bridgehead atoms. The third kappa shape index (κ3) is 10.6. The summed E-state index contributed by atoms with van der Waals surface area (Å²) in [4.78, 5) is 52.0. The molecule has 1 saturated heterocycles. The van der Waals surface area contributed by atoms with Gasteiger partial charge in [-0.2, -0.15) is 18.2 Å². The first-order valence-electron chi connectivity index (χ1n) is 16.8. The first-order valence-corrected chi connectivity index (χ1v) is 16.8. The predicted molar refractivity (Wildman–Crippen MR) is 184 cm³/mol. The average molecular weight is 699 g/mol. The predicted octanol–water partition coefficient (Wildman–Crippen LogP) is 6.42. The van der Waals surface area contributed by atoms with Crippen LogP contribution in [0.3, 0.4) is 0 Å². The van der Waals surface area contributed by atoms with Crippen molar-refractivity contribution in [1.29, 1.82) is 0 Å². The number of ether oxygens (including phenoxy) is 2. The minimum absolute atomic E-state index is 0.0243. The molecule has 2 amide bonds. The number of nitrogens with one attached hydrogen (secondary N) is 1. The third-order valence-corrected chi connectivity index (χ3v) is 7.98. The molecule has 1 unspecified atom stereocenters. The Kier molecular flexibility index (Phi) is 12.7. The highest BCUT2D eigenvalue weighted by atomic mass is 19.4. The first-order chi connectivity index (χ1) is 23.7. The standard InChI is InChI=1S/C36H45F3N6O5/c1-6-43(7-2)33-40-24-29(45(32(47)36(37,38)39)22-19-25-13-9-8-10-14-25)30(42-33)41-28(31(46)50-35(3,4)5)23-26-15-17-27(18-16-26)49-34(48)44-20-11-12-21-44/h8-10,13-18,24,28H,6-7,11-12,19-23H2,1-5H3,(H,40,41,42). The van der Waals surface area contributed by atoms with Crippen LogP contribution >= 0.6 is 0 Å². The summed E-state index contributed by atoms with van der Waals surface area (Å²) in [6.45, 7) is 10.8. The number of nitrogens with zero attached hydrogens (tertiary/aromatic N) is 5. The highest BCUT2D eigenvalue weighted by Crippen LogP contribution is 2.31. The lowest BCUT2D eigenvalue weighted by atomic mass is 10.0. The lowest BCUT2D eigenvalue weighted by Gasteiger charge is -2.29. The number of amides is 2. The van der Waals surface area contributed by atoms with Crippen LogP contribution in [0.4, 0.5) is 35.4 Å². The maximum atomic E-state index is 14.1. The number of halogens is 3. The number of hydrogen-bond acceptors (Lipinski definition) is 9. The number of esters is 1. The molecule has 11 nitrogen and oxygen atoms in total. The lowest BCUT2D eigenvalue weighted by Crippen LogP contribution is -2.44. The van der Waals surface area contributed by atoms with Crippen molar-refractivity contribution < 1.29 is 37.0 Å². The molecule has 50 heavy (non-hydrogen) atoms. The molecule has 1 aromatic heterocycles. The van der Waals surface area contributed by atoms with E-state index in [-0.39, 0.29) is 36.8 Å². The van der Waals surface area contributed by atoms with E-state index in [0.29, 0.717) is 42.4 Å². The number of hydrogen-bond donors (Lipinski definition) is 1. The van der Waals surface area contributed by atoms with E-state index in [4.69, 9.17) is 9.47 Å². The van der Waals surface area contributed by atoms with Gasteiger partial charge in [-0.05, 0) is 77.1 Å². The first kappa shape index (κ1) is 37.9. The molecule has 1 aliphatic rings. The monoisotopic (exact) mass is 698 g/mol. The Balaban J connectivity index is 1.71. The van der Waals surface area contributed by atoms with Gasteiger partial charge in [-0.1, -0.05) is 42.5 Å². The molecule has 2 heterocycles. The molecule has 2 aromatic carbocycles. The van der Waals surface area contributed by atoms with E-state index >= 15 is 0 Å². The van der Waals surface area contributed by atoms with E-state index in [2.05, 4.69) is 15.3 Å². The number of benzene rings is 2. The lowest BCUT2D eigenvalue weighted by molar-refractivity contribution is -0.170. The van der Waals surface area contributed by atoms with Gasteiger partial charge in [-0.15, -0.1) is 0 Å². The fourth-order valence-corrected chi connectivity index (χ4v) is 5.42. The SMILES string of the molecule is CCN(CC)c1ncc(N(CCc2ccccc2)C(=O)C(F)(F)F)c(NC(Cc2ccc(OC(=O)N3CCCC3)cc2)C(=O)OC(C)(C)C)n1. The summed E-state index contributed by atoms with van der Waals surface area (Å²) in [5.41, 5.74) is 0.237. The van der Waals surface area contributed by atoms with Crippen molar-refractivity contribution in [3.05, 3.63) is 71.9 Å². The van der Waals surface area contributed by atoms with Crippen molar-refractivity contribution in [2.75, 3.05) is 47.8 Å². The van der Waals surface area contributed by atoms with Gasteiger partial charge in [-0.3, -0.25) is 9.69 Å². The number of likely N-dealkylation sites (tertiary alicyclic amines) is 1. The zero-order chi connectivity index (χ0) is 36.5. The Morgan fingerprint density at radius 3 is 2.16 bits per heavy atom. The van der Waals surface area contributed by atoms with Crippen LogP contribution in [0.1, 0.15) is 58.6 Å². The molecule has 14 heteroatoms. The van der Waals surface area contributed by atoms with Crippen molar-refractivity contribution in [3.63, 3.8) is 0 Å². The molecule has 1 fully saturated rings. The summed E-state index contributed by atoms with van der Waals surface area (Å²) in [6, 6.07) is 14.3. The largest absolute Gasteiger partial charge is 0.471 e. The topological polar surface area (TPSA) is 117 Å². The molecule has 3 aromatic rings. The molecule has 270 valence electrons. The highest BCUT2D eigenvalue weighted by molar-refractivity contribution is 6.00. The maximum absolute atomic E-state index is 14.1. The summed E-state index contributed by atoms with van der Waals surface area (Å²) < 4.78 is 53.4. The van der Waals surface area contributed by atoms with Crippen LogP contribution in [-0.2, 0) is 27.2 Å². The van der Waals surface area contributed by atoms with E-state index in [1.807, 2.05) is 13.8 Å².